The lowest BCUT2D eigenvalue weighted by Gasteiger charge is -2.40. The molecule has 0 radical (unpaired) electrons. The Hall–Kier alpha value is -4.10. The van der Waals surface area contributed by atoms with Gasteiger partial charge in [-0.1, -0.05) is 189 Å². The predicted molar refractivity (Wildman–Crippen MR) is 284 cm³/mol. The standard InChI is InChI=1S/C59H96O12/c1-4-7-10-13-16-19-21-23-25-26-28-30-32-35-38-41-44-47-53(62)70-57-55(64)54(63)56(58(65)66)71-59(57)68-49-50(69-52(61)46-43-40-37-33-18-15-12-9-6-3)48-67-51(60)45-42-39-36-34-31-29-27-24-22-20-17-14-11-8-5-2/h7-8,10-11,16-17,19-20,23-25,27,31,34,50,54-57,59,63-64H,4-6,9,12-15,18,21-22,26,28-30,32-33,35-49H2,1-3H3,(H,65,66)/b10-7-,11-8-,19-16-,20-17-,25-23-,27-24-,34-31-. The number of aliphatic hydroxyl groups excluding tert-OH is 2. The Morgan fingerprint density at radius 2 is 0.887 bits per heavy atom. The van der Waals surface area contributed by atoms with Crippen LogP contribution in [0.3, 0.4) is 0 Å². The molecule has 12 heteroatoms. The van der Waals surface area contributed by atoms with Crippen LogP contribution in [0.25, 0.3) is 0 Å². The van der Waals surface area contributed by atoms with Crippen LogP contribution in [0.4, 0.5) is 0 Å². The molecule has 0 aromatic carbocycles. The van der Waals surface area contributed by atoms with Gasteiger partial charge >= 0.3 is 23.9 Å². The number of allylic oxidation sites excluding steroid dienone is 14. The molecule has 0 saturated carbocycles. The molecule has 1 rings (SSSR count). The number of aliphatic carboxylic acids is 1. The number of hydrogen-bond donors (Lipinski definition) is 3. The minimum Gasteiger partial charge on any atom is -0.479 e. The van der Waals surface area contributed by atoms with E-state index in [1.165, 1.54) is 32.1 Å². The summed E-state index contributed by atoms with van der Waals surface area (Å²) >= 11 is 0. The Labute approximate surface area is 429 Å². The number of carboxylic acids is 1. The zero-order valence-corrected chi connectivity index (χ0v) is 44.2. The topological polar surface area (TPSA) is 175 Å². The highest BCUT2D eigenvalue weighted by molar-refractivity contribution is 5.74. The Morgan fingerprint density at radius 1 is 0.479 bits per heavy atom. The number of rotatable bonds is 45. The summed E-state index contributed by atoms with van der Waals surface area (Å²) in [5.74, 6) is -3.20. The van der Waals surface area contributed by atoms with Gasteiger partial charge in [-0.2, -0.15) is 0 Å². The molecule has 0 amide bonds. The van der Waals surface area contributed by atoms with Gasteiger partial charge in [0.25, 0.3) is 0 Å². The van der Waals surface area contributed by atoms with Crippen LogP contribution in [0.1, 0.15) is 213 Å². The molecule has 0 aliphatic carbocycles. The molecule has 12 nitrogen and oxygen atoms in total. The number of ether oxygens (including phenoxy) is 5. The van der Waals surface area contributed by atoms with E-state index in [-0.39, 0.29) is 25.9 Å². The van der Waals surface area contributed by atoms with Gasteiger partial charge in [0.05, 0.1) is 6.61 Å². The van der Waals surface area contributed by atoms with Crippen molar-refractivity contribution in [3.8, 4) is 0 Å². The van der Waals surface area contributed by atoms with Crippen molar-refractivity contribution >= 4 is 23.9 Å². The zero-order chi connectivity index (χ0) is 51.8. The molecule has 1 fully saturated rings. The number of unbranched alkanes of at least 4 members (excludes halogenated alkanes) is 17. The van der Waals surface area contributed by atoms with E-state index >= 15 is 0 Å². The van der Waals surface area contributed by atoms with Crippen LogP contribution >= 0.6 is 0 Å². The fourth-order valence-electron chi connectivity index (χ4n) is 7.78. The van der Waals surface area contributed by atoms with Gasteiger partial charge in [-0.25, -0.2) is 4.79 Å². The van der Waals surface area contributed by atoms with Crippen LogP contribution in [-0.4, -0.2) is 89.2 Å². The van der Waals surface area contributed by atoms with Crippen LogP contribution in [0, 0.1) is 0 Å². The number of carbonyl (C=O) groups excluding carboxylic acids is 3. The van der Waals surface area contributed by atoms with Crippen molar-refractivity contribution in [2.75, 3.05) is 13.2 Å². The maximum Gasteiger partial charge on any atom is 0.335 e. The van der Waals surface area contributed by atoms with E-state index in [1.807, 2.05) is 0 Å². The minimum absolute atomic E-state index is 0.0427. The number of aliphatic hydroxyl groups is 2. The van der Waals surface area contributed by atoms with E-state index in [1.54, 1.807) is 0 Å². The molecule has 0 aromatic rings. The zero-order valence-electron chi connectivity index (χ0n) is 44.2. The first kappa shape index (κ1) is 64.9. The summed E-state index contributed by atoms with van der Waals surface area (Å²) in [6.07, 6.45) is 47.2. The Bertz CT molecular complexity index is 1560. The van der Waals surface area contributed by atoms with E-state index in [9.17, 15) is 34.5 Å². The third kappa shape index (κ3) is 37.3. The van der Waals surface area contributed by atoms with Crippen molar-refractivity contribution in [3.05, 3.63) is 85.1 Å². The lowest BCUT2D eigenvalue weighted by molar-refractivity contribution is -0.301. The molecule has 1 aliphatic rings. The SMILES string of the molecule is CC/C=C\C/C=C\C/C=C\C/C=C\CCCCC(=O)OCC(COC1OC(C(=O)O)C(O)C(O)C1OC(=O)CCCCCCCCC/C=C\C/C=C\C/C=C\CC)OC(=O)CCCCCCCCCCC. The van der Waals surface area contributed by atoms with Crippen molar-refractivity contribution in [2.24, 2.45) is 0 Å². The van der Waals surface area contributed by atoms with Crippen molar-refractivity contribution < 1.29 is 58.2 Å². The van der Waals surface area contributed by atoms with Crippen molar-refractivity contribution in [3.63, 3.8) is 0 Å². The lowest BCUT2D eigenvalue weighted by Crippen LogP contribution is -2.61. The van der Waals surface area contributed by atoms with Crippen molar-refractivity contribution in [1.82, 2.24) is 0 Å². The molecule has 3 N–H and O–H groups in total. The summed E-state index contributed by atoms with van der Waals surface area (Å²) in [5.41, 5.74) is 0. The van der Waals surface area contributed by atoms with Gasteiger partial charge < -0.3 is 39.0 Å². The van der Waals surface area contributed by atoms with Crippen LogP contribution in [0.15, 0.2) is 85.1 Å². The monoisotopic (exact) mass is 997 g/mol. The number of esters is 3. The third-order valence-electron chi connectivity index (χ3n) is 12.0. The molecule has 0 aromatic heterocycles. The summed E-state index contributed by atoms with van der Waals surface area (Å²) in [6.45, 7) is 5.68. The summed E-state index contributed by atoms with van der Waals surface area (Å²) in [5, 5.41) is 31.4. The lowest BCUT2D eigenvalue weighted by atomic mass is 9.98. The largest absolute Gasteiger partial charge is 0.479 e. The maximum atomic E-state index is 13.0. The second kappa shape index (κ2) is 46.9. The molecule has 6 unspecified atom stereocenters. The highest BCUT2D eigenvalue weighted by Gasteiger charge is 2.50. The number of carboxylic acid groups (broad SMARTS) is 1. The van der Waals surface area contributed by atoms with Gasteiger partial charge in [0.15, 0.2) is 24.6 Å². The van der Waals surface area contributed by atoms with E-state index in [0.29, 0.717) is 19.3 Å². The van der Waals surface area contributed by atoms with Gasteiger partial charge in [-0.3, -0.25) is 14.4 Å². The Balaban J connectivity index is 2.70. The maximum absolute atomic E-state index is 13.0. The molecular weight excluding hydrogens is 901 g/mol. The average Bonchev–Trinajstić information content (AvgIpc) is 3.35. The van der Waals surface area contributed by atoms with E-state index in [0.717, 1.165) is 122 Å². The van der Waals surface area contributed by atoms with E-state index in [2.05, 4.69) is 106 Å². The molecule has 71 heavy (non-hydrogen) atoms. The number of hydrogen-bond acceptors (Lipinski definition) is 11. The summed E-state index contributed by atoms with van der Waals surface area (Å²) in [6, 6.07) is 0. The van der Waals surface area contributed by atoms with Crippen LogP contribution < -0.4 is 0 Å². The Morgan fingerprint density at radius 3 is 1.38 bits per heavy atom. The molecule has 1 heterocycles. The van der Waals surface area contributed by atoms with Gasteiger partial charge in [0.2, 0.25) is 0 Å². The smallest absolute Gasteiger partial charge is 0.335 e. The molecule has 0 bridgehead atoms. The first-order valence-electron chi connectivity index (χ1n) is 27.6. The van der Waals surface area contributed by atoms with Crippen molar-refractivity contribution in [1.29, 1.82) is 0 Å². The average molecular weight is 997 g/mol. The quantitative estimate of drug-likeness (QED) is 0.0228. The van der Waals surface area contributed by atoms with E-state index in [4.69, 9.17) is 23.7 Å². The Kier molecular flexibility index (Phi) is 42.9. The van der Waals surface area contributed by atoms with Crippen LogP contribution in [0.5, 0.6) is 0 Å². The molecular formula is C59H96O12. The first-order valence-corrected chi connectivity index (χ1v) is 27.6. The molecule has 1 saturated heterocycles. The second-order valence-electron chi connectivity index (χ2n) is 18.5. The highest BCUT2D eigenvalue weighted by Crippen LogP contribution is 2.26. The molecule has 1 aliphatic heterocycles. The summed E-state index contributed by atoms with van der Waals surface area (Å²) in [4.78, 5) is 50.9. The number of carbonyl (C=O) groups is 4. The minimum atomic E-state index is -1.91. The van der Waals surface area contributed by atoms with Gasteiger partial charge in [-0.15, -0.1) is 0 Å². The molecule has 404 valence electrons. The fourth-order valence-corrected chi connectivity index (χ4v) is 7.78. The third-order valence-corrected chi connectivity index (χ3v) is 12.0. The normalized spacial score (nSPS) is 19.1. The fraction of sp³-hybridized carbons (Fsp3) is 0.695. The summed E-state index contributed by atoms with van der Waals surface area (Å²) in [7, 11) is 0. The predicted octanol–water partition coefficient (Wildman–Crippen LogP) is 13.6. The van der Waals surface area contributed by atoms with Gasteiger partial charge in [0, 0.05) is 19.3 Å². The summed E-state index contributed by atoms with van der Waals surface area (Å²) < 4.78 is 28.3. The van der Waals surface area contributed by atoms with E-state index < -0.39 is 67.3 Å². The first-order chi connectivity index (χ1) is 34.6. The van der Waals surface area contributed by atoms with Gasteiger partial charge in [0.1, 0.15) is 18.8 Å². The molecule has 0 spiro atoms. The van der Waals surface area contributed by atoms with Crippen molar-refractivity contribution in [2.45, 2.75) is 250 Å². The second-order valence-corrected chi connectivity index (χ2v) is 18.5. The van der Waals surface area contributed by atoms with Gasteiger partial charge in [-0.05, 0) is 89.9 Å². The van der Waals surface area contributed by atoms with Crippen LogP contribution in [0.2, 0.25) is 0 Å². The molecule has 6 atom stereocenters. The highest BCUT2D eigenvalue weighted by atomic mass is 16.7. The van der Waals surface area contributed by atoms with Crippen LogP contribution in [-0.2, 0) is 42.9 Å².